The molecule has 2 aromatic carbocycles. The second-order valence-corrected chi connectivity index (χ2v) is 6.93. The van der Waals surface area contributed by atoms with Crippen LogP contribution < -0.4 is 12.4 Å². The topological polar surface area (TPSA) is 3.24 Å². The summed E-state index contributed by atoms with van der Waals surface area (Å²) < 4.78 is 0. The summed E-state index contributed by atoms with van der Waals surface area (Å²) >= 11 is 0. The van der Waals surface area contributed by atoms with Crippen LogP contribution in [0.25, 0.3) is 5.57 Å². The molecule has 3 rings (SSSR count). The lowest BCUT2D eigenvalue weighted by molar-refractivity contribution is -0.00000470. The van der Waals surface area contributed by atoms with Crippen LogP contribution in [0.4, 0.5) is 0 Å². The SMILES string of the molecule is CN(C)CCC=C1c2ccccc2C(C)(C)c2ccccc21.[Cl-]. The minimum Gasteiger partial charge on any atom is -1.00 e. The molecule has 1 aliphatic carbocycles. The summed E-state index contributed by atoms with van der Waals surface area (Å²) in [6, 6.07) is 17.7. The fraction of sp³-hybridized carbons (Fsp3) is 0.333. The Hall–Kier alpha value is -1.57. The van der Waals surface area contributed by atoms with Gasteiger partial charge in [0.15, 0.2) is 0 Å². The standard InChI is InChI=1S/C21H25N.ClH/c1-21(2)19-13-7-5-10-17(19)16(12-9-15-22(3)4)18-11-6-8-14-20(18)21;/h5-8,10-14H,9,15H2,1-4H3;1H/p-1. The summed E-state index contributed by atoms with van der Waals surface area (Å²) in [4.78, 5) is 2.24. The molecule has 0 unspecified atom stereocenters. The Labute approximate surface area is 146 Å². The van der Waals surface area contributed by atoms with Gasteiger partial charge in [-0.3, -0.25) is 0 Å². The molecule has 122 valence electrons. The first-order chi connectivity index (χ1) is 10.5. The molecule has 0 bridgehead atoms. The average molecular weight is 327 g/mol. The molecule has 0 aliphatic heterocycles. The van der Waals surface area contributed by atoms with Crippen LogP contribution in [0.3, 0.4) is 0 Å². The first kappa shape index (κ1) is 17.8. The molecular weight excluding hydrogens is 302 g/mol. The van der Waals surface area contributed by atoms with E-state index in [-0.39, 0.29) is 17.8 Å². The Morgan fingerprint density at radius 3 is 1.83 bits per heavy atom. The largest absolute Gasteiger partial charge is 1.00 e. The van der Waals surface area contributed by atoms with Crippen molar-refractivity contribution in [3.05, 3.63) is 76.9 Å². The minimum atomic E-state index is 0. The van der Waals surface area contributed by atoms with E-state index in [1.54, 1.807) is 0 Å². The zero-order chi connectivity index (χ0) is 15.7. The number of hydrogen-bond acceptors (Lipinski definition) is 1. The Balaban J connectivity index is 0.00000192. The highest BCUT2D eigenvalue weighted by Crippen LogP contribution is 2.46. The van der Waals surface area contributed by atoms with E-state index < -0.39 is 0 Å². The maximum absolute atomic E-state index is 2.41. The molecular formula is C21H25ClN-. The van der Waals surface area contributed by atoms with Crippen LogP contribution in [0.1, 0.15) is 42.5 Å². The molecule has 0 atom stereocenters. The monoisotopic (exact) mass is 326 g/mol. The number of fused-ring (bicyclic) bond motifs is 2. The van der Waals surface area contributed by atoms with Crippen molar-refractivity contribution in [3.8, 4) is 0 Å². The number of nitrogens with zero attached hydrogens (tertiary/aromatic N) is 1. The lowest BCUT2D eigenvalue weighted by Crippen LogP contribution is -3.00. The summed E-state index contributed by atoms with van der Waals surface area (Å²) in [6.07, 6.45) is 3.48. The molecule has 0 saturated carbocycles. The van der Waals surface area contributed by atoms with Gasteiger partial charge in [-0.1, -0.05) is 68.5 Å². The van der Waals surface area contributed by atoms with Crippen molar-refractivity contribution >= 4 is 5.57 Å². The van der Waals surface area contributed by atoms with Gasteiger partial charge in [-0.2, -0.15) is 0 Å². The van der Waals surface area contributed by atoms with Crippen LogP contribution in [-0.4, -0.2) is 25.5 Å². The molecule has 0 saturated heterocycles. The van der Waals surface area contributed by atoms with E-state index in [0.717, 1.165) is 13.0 Å². The van der Waals surface area contributed by atoms with E-state index in [9.17, 15) is 0 Å². The first-order valence-corrected chi connectivity index (χ1v) is 8.06. The Bertz CT molecular complexity index is 662. The smallest absolute Gasteiger partial charge is 0.0158 e. The molecule has 0 aromatic heterocycles. The van der Waals surface area contributed by atoms with Gasteiger partial charge in [-0.05, 0) is 48.3 Å². The number of hydrogen-bond donors (Lipinski definition) is 0. The van der Waals surface area contributed by atoms with Crippen LogP contribution in [0.2, 0.25) is 0 Å². The van der Waals surface area contributed by atoms with E-state index in [0.29, 0.717) is 0 Å². The van der Waals surface area contributed by atoms with E-state index >= 15 is 0 Å². The van der Waals surface area contributed by atoms with Crippen LogP contribution in [-0.2, 0) is 5.41 Å². The van der Waals surface area contributed by atoms with Gasteiger partial charge in [-0.25, -0.2) is 0 Å². The van der Waals surface area contributed by atoms with E-state index in [2.05, 4.69) is 87.4 Å². The summed E-state index contributed by atoms with van der Waals surface area (Å²) in [6.45, 7) is 5.75. The van der Waals surface area contributed by atoms with Gasteiger partial charge < -0.3 is 17.3 Å². The Morgan fingerprint density at radius 2 is 1.35 bits per heavy atom. The molecule has 2 heteroatoms. The minimum absolute atomic E-state index is 0. The van der Waals surface area contributed by atoms with Crippen molar-refractivity contribution in [1.29, 1.82) is 0 Å². The molecule has 0 heterocycles. The number of benzene rings is 2. The van der Waals surface area contributed by atoms with Crippen molar-refractivity contribution in [2.24, 2.45) is 0 Å². The van der Waals surface area contributed by atoms with Gasteiger partial charge in [0.25, 0.3) is 0 Å². The van der Waals surface area contributed by atoms with Crippen molar-refractivity contribution in [3.63, 3.8) is 0 Å². The molecule has 0 N–H and O–H groups in total. The Morgan fingerprint density at radius 1 is 0.870 bits per heavy atom. The van der Waals surface area contributed by atoms with Crippen LogP contribution >= 0.6 is 0 Å². The summed E-state index contributed by atoms with van der Waals surface area (Å²) in [7, 11) is 4.26. The molecule has 0 radical (unpaired) electrons. The summed E-state index contributed by atoms with van der Waals surface area (Å²) in [5.74, 6) is 0. The molecule has 1 nitrogen and oxygen atoms in total. The van der Waals surface area contributed by atoms with Crippen molar-refractivity contribution in [1.82, 2.24) is 4.90 Å². The third kappa shape index (κ3) is 3.22. The second kappa shape index (κ2) is 6.90. The zero-order valence-corrected chi connectivity index (χ0v) is 15.2. The van der Waals surface area contributed by atoms with E-state index in [1.807, 2.05) is 0 Å². The third-order valence-corrected chi connectivity index (χ3v) is 4.71. The predicted octanol–water partition coefficient (Wildman–Crippen LogP) is 1.71. The van der Waals surface area contributed by atoms with Crippen LogP contribution in [0.15, 0.2) is 54.6 Å². The maximum Gasteiger partial charge on any atom is 0.0158 e. The highest BCUT2D eigenvalue weighted by Gasteiger charge is 2.33. The van der Waals surface area contributed by atoms with Gasteiger partial charge in [0, 0.05) is 12.0 Å². The zero-order valence-electron chi connectivity index (χ0n) is 14.4. The highest BCUT2D eigenvalue weighted by molar-refractivity contribution is 5.87. The number of halogens is 1. The van der Waals surface area contributed by atoms with Gasteiger partial charge in [0.05, 0.1) is 0 Å². The van der Waals surface area contributed by atoms with Crippen molar-refractivity contribution in [2.45, 2.75) is 25.7 Å². The maximum atomic E-state index is 2.41. The van der Waals surface area contributed by atoms with Crippen LogP contribution in [0, 0.1) is 0 Å². The first-order valence-electron chi connectivity index (χ1n) is 8.06. The normalized spacial score (nSPS) is 14.7. The average Bonchev–Trinajstić information content (AvgIpc) is 2.51. The summed E-state index contributed by atoms with van der Waals surface area (Å²) in [5.41, 5.74) is 7.11. The lowest BCUT2D eigenvalue weighted by atomic mass is 9.67. The van der Waals surface area contributed by atoms with Gasteiger partial charge in [0.2, 0.25) is 0 Å². The molecule has 2 aromatic rings. The molecule has 0 fully saturated rings. The van der Waals surface area contributed by atoms with Gasteiger partial charge in [0.1, 0.15) is 0 Å². The van der Waals surface area contributed by atoms with Crippen molar-refractivity contribution in [2.75, 3.05) is 20.6 Å². The summed E-state index contributed by atoms with van der Waals surface area (Å²) in [5, 5.41) is 0. The van der Waals surface area contributed by atoms with Crippen molar-refractivity contribution < 1.29 is 12.4 Å². The highest BCUT2D eigenvalue weighted by atomic mass is 35.5. The van der Waals surface area contributed by atoms with E-state index in [1.165, 1.54) is 27.8 Å². The quantitative estimate of drug-likeness (QED) is 0.830. The van der Waals surface area contributed by atoms with E-state index in [4.69, 9.17) is 0 Å². The predicted molar refractivity (Wildman–Crippen MR) is 95.3 cm³/mol. The molecule has 23 heavy (non-hydrogen) atoms. The van der Waals surface area contributed by atoms with Crippen LogP contribution in [0.5, 0.6) is 0 Å². The van der Waals surface area contributed by atoms with Gasteiger partial charge in [-0.15, -0.1) is 0 Å². The molecule has 0 spiro atoms. The van der Waals surface area contributed by atoms with Gasteiger partial charge >= 0.3 is 0 Å². The Kier molecular flexibility index (Phi) is 5.33. The lowest BCUT2D eigenvalue weighted by Gasteiger charge is -2.36. The third-order valence-electron chi connectivity index (χ3n) is 4.71. The molecule has 0 amide bonds. The molecule has 1 aliphatic rings. The second-order valence-electron chi connectivity index (χ2n) is 6.93. The fourth-order valence-corrected chi connectivity index (χ4v) is 3.50. The fourth-order valence-electron chi connectivity index (χ4n) is 3.50. The number of rotatable bonds is 3.